The number of hydrogen-bond donors (Lipinski definition) is 1. The van der Waals surface area contributed by atoms with Gasteiger partial charge in [-0.15, -0.1) is 11.3 Å². The minimum absolute atomic E-state index is 0.0446. The molecule has 2 aromatic rings. The molecule has 5 heteroatoms. The molecule has 1 aromatic heterocycles. The van der Waals surface area contributed by atoms with Crippen LogP contribution in [0.15, 0.2) is 36.4 Å². The predicted molar refractivity (Wildman–Crippen MR) is 105 cm³/mol. The van der Waals surface area contributed by atoms with Gasteiger partial charge in [-0.25, -0.2) is 0 Å². The van der Waals surface area contributed by atoms with Gasteiger partial charge in [0.15, 0.2) is 5.78 Å². The van der Waals surface area contributed by atoms with Crippen LogP contribution in [0.2, 0.25) is 0 Å². The van der Waals surface area contributed by atoms with E-state index in [1.807, 2.05) is 25.1 Å². The summed E-state index contributed by atoms with van der Waals surface area (Å²) in [5.41, 5.74) is 2.39. The van der Waals surface area contributed by atoms with Crippen LogP contribution in [-0.2, 0) is 4.79 Å². The number of thiophene rings is 1. The van der Waals surface area contributed by atoms with Crippen LogP contribution >= 0.6 is 11.3 Å². The number of Topliss-reactive ketones (excluding diaryl/α,β-unsaturated/α-hetero) is 1. The van der Waals surface area contributed by atoms with Crippen molar-refractivity contribution in [2.45, 2.75) is 33.6 Å². The van der Waals surface area contributed by atoms with E-state index in [0.717, 1.165) is 22.8 Å². The first-order valence-electron chi connectivity index (χ1n) is 8.67. The highest BCUT2D eigenvalue weighted by atomic mass is 32.1. The highest BCUT2D eigenvalue weighted by Gasteiger charge is 2.11. The maximum atomic E-state index is 12.0. The minimum atomic E-state index is -0.0677. The van der Waals surface area contributed by atoms with Crippen LogP contribution in [0.3, 0.4) is 0 Å². The van der Waals surface area contributed by atoms with Gasteiger partial charge in [-0.05, 0) is 50.6 Å². The van der Waals surface area contributed by atoms with E-state index in [2.05, 4.69) is 42.3 Å². The van der Waals surface area contributed by atoms with Gasteiger partial charge in [-0.3, -0.25) is 9.59 Å². The number of ketones is 1. The fourth-order valence-electron chi connectivity index (χ4n) is 2.65. The zero-order valence-electron chi connectivity index (χ0n) is 15.2. The zero-order valence-corrected chi connectivity index (χ0v) is 16.0. The lowest BCUT2D eigenvalue weighted by atomic mass is 10.2. The number of benzene rings is 1. The van der Waals surface area contributed by atoms with Crippen molar-refractivity contribution in [2.24, 2.45) is 0 Å². The highest BCUT2D eigenvalue weighted by Crippen LogP contribution is 2.17. The third kappa shape index (κ3) is 6.02. The van der Waals surface area contributed by atoms with Crippen LogP contribution in [0.5, 0.6) is 0 Å². The fraction of sp³-hybridized carbons (Fsp3) is 0.400. The number of aryl methyl sites for hydroxylation is 2. The monoisotopic (exact) mass is 358 g/mol. The first-order valence-corrected chi connectivity index (χ1v) is 9.49. The van der Waals surface area contributed by atoms with Gasteiger partial charge < -0.3 is 10.2 Å². The molecule has 0 spiro atoms. The van der Waals surface area contributed by atoms with Gasteiger partial charge in [0.2, 0.25) is 5.91 Å². The van der Waals surface area contributed by atoms with Crippen molar-refractivity contribution in [1.82, 2.24) is 5.32 Å². The van der Waals surface area contributed by atoms with E-state index in [4.69, 9.17) is 0 Å². The normalized spacial score (nSPS) is 10.5. The Labute approximate surface area is 153 Å². The molecule has 0 aliphatic rings. The molecular weight excluding hydrogens is 332 g/mol. The number of hydrogen-bond acceptors (Lipinski definition) is 4. The van der Waals surface area contributed by atoms with Crippen LogP contribution in [0, 0.1) is 13.8 Å². The maximum Gasteiger partial charge on any atom is 0.220 e. The van der Waals surface area contributed by atoms with Crippen molar-refractivity contribution in [2.75, 3.05) is 24.5 Å². The Morgan fingerprint density at radius 3 is 2.56 bits per heavy atom. The molecule has 1 heterocycles. The van der Waals surface area contributed by atoms with E-state index in [0.29, 0.717) is 6.54 Å². The number of anilines is 1. The number of nitrogens with zero attached hydrogens (tertiary/aromatic N) is 1. The molecule has 0 bridgehead atoms. The molecule has 4 nitrogen and oxygen atoms in total. The number of nitrogens with one attached hydrogen (secondary N) is 1. The third-order valence-corrected chi connectivity index (χ3v) is 5.09. The topological polar surface area (TPSA) is 49.4 Å². The first kappa shape index (κ1) is 19.2. The Kier molecular flexibility index (Phi) is 7.19. The third-order valence-electron chi connectivity index (χ3n) is 4.05. The summed E-state index contributed by atoms with van der Waals surface area (Å²) in [6, 6.07) is 12.1. The van der Waals surface area contributed by atoms with E-state index < -0.39 is 0 Å². The van der Waals surface area contributed by atoms with Crippen molar-refractivity contribution in [3.63, 3.8) is 0 Å². The Morgan fingerprint density at radius 1 is 1.12 bits per heavy atom. The predicted octanol–water partition coefficient (Wildman–Crippen LogP) is 3.97. The summed E-state index contributed by atoms with van der Waals surface area (Å²) in [6.07, 6.45) is 0.507. The number of likely N-dealkylation sites (N-methyl/N-ethyl adjacent to an activating group) is 1. The Balaban J connectivity index is 1.73. The van der Waals surface area contributed by atoms with Crippen LogP contribution < -0.4 is 10.2 Å². The van der Waals surface area contributed by atoms with Crippen LogP contribution in [-0.4, -0.2) is 31.3 Å². The van der Waals surface area contributed by atoms with Crippen molar-refractivity contribution < 1.29 is 9.59 Å². The molecule has 25 heavy (non-hydrogen) atoms. The fourth-order valence-corrected chi connectivity index (χ4v) is 3.48. The van der Waals surface area contributed by atoms with E-state index in [1.165, 1.54) is 22.6 Å². The second-order valence-electron chi connectivity index (χ2n) is 6.10. The molecule has 2 rings (SSSR count). The molecule has 0 aliphatic carbocycles. The molecule has 1 aromatic carbocycles. The molecule has 1 amide bonds. The van der Waals surface area contributed by atoms with E-state index >= 15 is 0 Å². The average molecular weight is 359 g/mol. The molecule has 0 atom stereocenters. The first-order chi connectivity index (χ1) is 12.0. The second-order valence-corrected chi connectivity index (χ2v) is 7.39. The number of carbonyl (C=O) groups excluding carboxylic acids is 2. The summed E-state index contributed by atoms with van der Waals surface area (Å²) in [5, 5.41) is 2.91. The van der Waals surface area contributed by atoms with E-state index in [9.17, 15) is 9.59 Å². The van der Waals surface area contributed by atoms with Gasteiger partial charge in [0.05, 0.1) is 4.88 Å². The number of carbonyl (C=O) groups is 2. The molecule has 0 saturated heterocycles. The molecule has 0 saturated carbocycles. The van der Waals surface area contributed by atoms with Gasteiger partial charge in [-0.2, -0.15) is 0 Å². The molecule has 0 unspecified atom stereocenters. The van der Waals surface area contributed by atoms with Crippen LogP contribution in [0.1, 0.15) is 39.9 Å². The van der Waals surface area contributed by atoms with E-state index in [-0.39, 0.29) is 24.5 Å². The summed E-state index contributed by atoms with van der Waals surface area (Å²) in [5.74, 6) is -0.0230. The van der Waals surface area contributed by atoms with Crippen molar-refractivity contribution in [3.8, 4) is 0 Å². The van der Waals surface area contributed by atoms with Crippen molar-refractivity contribution in [1.29, 1.82) is 0 Å². The zero-order chi connectivity index (χ0) is 18.2. The van der Waals surface area contributed by atoms with Crippen LogP contribution in [0.4, 0.5) is 5.69 Å². The van der Waals surface area contributed by atoms with Gasteiger partial charge in [0.1, 0.15) is 0 Å². The summed E-state index contributed by atoms with van der Waals surface area (Å²) in [4.78, 5) is 28.1. The van der Waals surface area contributed by atoms with Crippen molar-refractivity contribution >= 4 is 28.7 Å². The van der Waals surface area contributed by atoms with Gasteiger partial charge in [0, 0.05) is 43.0 Å². The standard InChI is InChI=1S/C20H26N2O2S/c1-4-22(17-7-5-6-15(2)14-17)13-12-21-20(24)11-9-18(23)19-10-8-16(3)25-19/h5-8,10,14H,4,9,11-13H2,1-3H3,(H,21,24). The van der Waals surface area contributed by atoms with Crippen molar-refractivity contribution in [3.05, 3.63) is 51.7 Å². The van der Waals surface area contributed by atoms with Crippen LogP contribution in [0.25, 0.3) is 0 Å². The molecule has 0 radical (unpaired) electrons. The summed E-state index contributed by atoms with van der Waals surface area (Å²) in [6.45, 7) is 8.37. The lowest BCUT2D eigenvalue weighted by molar-refractivity contribution is -0.121. The molecule has 0 aliphatic heterocycles. The SMILES string of the molecule is CCN(CCNC(=O)CCC(=O)c1ccc(C)s1)c1cccc(C)c1. The minimum Gasteiger partial charge on any atom is -0.370 e. The van der Waals surface area contributed by atoms with Gasteiger partial charge >= 0.3 is 0 Å². The Hall–Kier alpha value is -2.14. The Bertz CT molecular complexity index is 724. The smallest absolute Gasteiger partial charge is 0.220 e. The lowest BCUT2D eigenvalue weighted by Crippen LogP contribution is -2.35. The number of rotatable bonds is 9. The quantitative estimate of drug-likeness (QED) is 0.690. The summed E-state index contributed by atoms with van der Waals surface area (Å²) >= 11 is 1.48. The molecule has 1 N–H and O–H groups in total. The average Bonchev–Trinajstić information content (AvgIpc) is 3.03. The molecule has 0 fully saturated rings. The molecular formula is C20H26N2O2S. The van der Waals surface area contributed by atoms with Gasteiger partial charge in [0.25, 0.3) is 0 Å². The lowest BCUT2D eigenvalue weighted by Gasteiger charge is -2.23. The molecule has 134 valence electrons. The highest BCUT2D eigenvalue weighted by molar-refractivity contribution is 7.14. The summed E-state index contributed by atoms with van der Waals surface area (Å²) in [7, 11) is 0. The van der Waals surface area contributed by atoms with Gasteiger partial charge in [-0.1, -0.05) is 12.1 Å². The second kappa shape index (κ2) is 9.37. The number of amides is 1. The Morgan fingerprint density at radius 2 is 1.92 bits per heavy atom. The largest absolute Gasteiger partial charge is 0.370 e. The maximum absolute atomic E-state index is 12.0. The summed E-state index contributed by atoms with van der Waals surface area (Å²) < 4.78 is 0. The van der Waals surface area contributed by atoms with E-state index in [1.54, 1.807) is 0 Å².